The highest BCUT2D eigenvalue weighted by Crippen LogP contribution is 2.34. The highest BCUT2D eigenvalue weighted by molar-refractivity contribution is 5.83. The van der Waals surface area contributed by atoms with Gasteiger partial charge >= 0.3 is 5.97 Å². The Morgan fingerprint density at radius 3 is 2.85 bits per heavy atom. The van der Waals surface area contributed by atoms with Crippen LogP contribution in [0, 0.1) is 0 Å². The van der Waals surface area contributed by atoms with Crippen LogP contribution in [0.1, 0.15) is 24.4 Å². The van der Waals surface area contributed by atoms with E-state index in [0.717, 1.165) is 23.7 Å². The molecule has 1 fully saturated rings. The normalized spacial score (nSPS) is 15.8. The number of carboxylic acids is 1. The number of carbonyl (C=O) groups is 2. The second kappa shape index (κ2) is 4.92. The van der Waals surface area contributed by atoms with Crippen LogP contribution in [0.3, 0.4) is 0 Å². The summed E-state index contributed by atoms with van der Waals surface area (Å²) in [4.78, 5) is 28.4. The van der Waals surface area contributed by atoms with E-state index in [1.807, 2.05) is 6.07 Å². The number of fused-ring (bicyclic) bond motifs is 1. The van der Waals surface area contributed by atoms with E-state index in [1.54, 1.807) is 30.5 Å². The predicted octanol–water partition coefficient (Wildman–Crippen LogP) is 1.98. The minimum atomic E-state index is -1.01. The molecule has 1 aliphatic carbocycles. The van der Waals surface area contributed by atoms with Crippen LogP contribution in [0.25, 0.3) is 10.9 Å². The quantitative estimate of drug-likeness (QED) is 0.843. The van der Waals surface area contributed by atoms with Gasteiger partial charge in [-0.15, -0.1) is 0 Å². The Hall–Kier alpha value is -2.43. The summed E-state index contributed by atoms with van der Waals surface area (Å²) in [6, 6.07) is 8.12. The molecule has 5 heteroatoms. The predicted molar refractivity (Wildman–Crippen MR) is 73.0 cm³/mol. The van der Waals surface area contributed by atoms with E-state index in [0.29, 0.717) is 12.0 Å². The number of aliphatic carboxylic acids is 1. The van der Waals surface area contributed by atoms with Crippen LogP contribution in [0.15, 0.2) is 36.5 Å². The Kier molecular flexibility index (Phi) is 3.10. The molecule has 1 unspecified atom stereocenters. The molecule has 1 heterocycles. The number of rotatable bonds is 5. The Labute approximate surface area is 115 Å². The van der Waals surface area contributed by atoms with E-state index in [4.69, 9.17) is 0 Å². The highest BCUT2D eigenvalue weighted by atomic mass is 16.4. The molecule has 5 nitrogen and oxygen atoms in total. The second-order valence-corrected chi connectivity index (χ2v) is 4.98. The van der Waals surface area contributed by atoms with Crippen LogP contribution in [0.5, 0.6) is 0 Å². The third kappa shape index (κ3) is 2.22. The summed E-state index contributed by atoms with van der Waals surface area (Å²) < 4.78 is 0. The van der Waals surface area contributed by atoms with Gasteiger partial charge in [0.05, 0.1) is 5.52 Å². The third-order valence-electron chi connectivity index (χ3n) is 3.57. The molecule has 1 aliphatic rings. The van der Waals surface area contributed by atoms with Gasteiger partial charge in [-0.3, -0.25) is 9.78 Å². The van der Waals surface area contributed by atoms with Crippen molar-refractivity contribution in [2.75, 3.05) is 0 Å². The Balaban J connectivity index is 2.04. The van der Waals surface area contributed by atoms with E-state index >= 15 is 0 Å². The molecule has 1 N–H and O–H groups in total. The number of pyridine rings is 1. The van der Waals surface area contributed by atoms with Crippen molar-refractivity contribution in [1.82, 2.24) is 9.88 Å². The molecule has 2 aromatic rings. The van der Waals surface area contributed by atoms with Crippen LogP contribution >= 0.6 is 0 Å². The van der Waals surface area contributed by atoms with Crippen molar-refractivity contribution in [3.63, 3.8) is 0 Å². The minimum absolute atomic E-state index is 0.0539. The van der Waals surface area contributed by atoms with Gasteiger partial charge in [0.15, 0.2) is 6.04 Å². The third-order valence-corrected chi connectivity index (χ3v) is 3.57. The number of carbonyl (C=O) groups excluding carboxylic acids is 1. The van der Waals surface area contributed by atoms with Crippen molar-refractivity contribution in [3.05, 3.63) is 42.1 Å². The molecule has 102 valence electrons. The lowest BCUT2D eigenvalue weighted by Crippen LogP contribution is -2.34. The molecule has 0 bridgehead atoms. The number of hydrogen-bond acceptors (Lipinski definition) is 3. The number of benzene rings is 1. The average Bonchev–Trinajstić information content (AvgIpc) is 3.28. The first-order valence-electron chi connectivity index (χ1n) is 6.51. The first kappa shape index (κ1) is 12.6. The van der Waals surface area contributed by atoms with Gasteiger partial charge in [-0.05, 0) is 36.6 Å². The average molecular weight is 270 g/mol. The highest BCUT2D eigenvalue weighted by Gasteiger charge is 2.37. The van der Waals surface area contributed by atoms with E-state index < -0.39 is 12.0 Å². The maximum absolute atomic E-state index is 11.6. The van der Waals surface area contributed by atoms with Gasteiger partial charge in [0.1, 0.15) is 0 Å². The molecular weight excluding hydrogens is 256 g/mol. The van der Waals surface area contributed by atoms with Crippen LogP contribution < -0.4 is 0 Å². The standard InChI is InChI=1S/C15H14N2O3/c18-9-17(12-4-5-12)14(15(19)20)11-3-6-13-10(8-11)2-1-7-16-13/h1-3,6-9,12,14H,4-5H2,(H,19,20). The zero-order chi connectivity index (χ0) is 14.1. The molecule has 1 aromatic carbocycles. The van der Waals surface area contributed by atoms with Crippen LogP contribution in [-0.2, 0) is 9.59 Å². The van der Waals surface area contributed by atoms with E-state index in [9.17, 15) is 14.7 Å². The second-order valence-electron chi connectivity index (χ2n) is 4.98. The lowest BCUT2D eigenvalue weighted by molar-refractivity contribution is -0.147. The molecule has 3 rings (SSSR count). The maximum atomic E-state index is 11.6. The van der Waals surface area contributed by atoms with Gasteiger partial charge in [-0.2, -0.15) is 0 Å². The number of hydrogen-bond donors (Lipinski definition) is 1. The summed E-state index contributed by atoms with van der Waals surface area (Å²) in [5.41, 5.74) is 1.42. The molecule has 1 aromatic heterocycles. The van der Waals surface area contributed by atoms with Crippen molar-refractivity contribution < 1.29 is 14.7 Å². The fourth-order valence-corrected chi connectivity index (χ4v) is 2.44. The number of aromatic nitrogens is 1. The summed E-state index contributed by atoms with van der Waals surface area (Å²) >= 11 is 0. The summed E-state index contributed by atoms with van der Waals surface area (Å²) in [7, 11) is 0. The van der Waals surface area contributed by atoms with E-state index in [2.05, 4.69) is 4.98 Å². The molecular formula is C15H14N2O3. The molecule has 1 amide bonds. The number of nitrogens with zero attached hydrogens (tertiary/aromatic N) is 2. The van der Waals surface area contributed by atoms with Gasteiger partial charge in [0.2, 0.25) is 6.41 Å². The molecule has 0 saturated heterocycles. The zero-order valence-corrected chi connectivity index (χ0v) is 10.8. The zero-order valence-electron chi connectivity index (χ0n) is 10.8. The van der Waals surface area contributed by atoms with Crippen LogP contribution in [-0.4, -0.2) is 33.4 Å². The maximum Gasteiger partial charge on any atom is 0.331 e. The first-order chi connectivity index (χ1) is 9.70. The van der Waals surface area contributed by atoms with Crippen LogP contribution in [0.4, 0.5) is 0 Å². The summed E-state index contributed by atoms with van der Waals surface area (Å²) in [5.74, 6) is -1.01. The molecule has 0 spiro atoms. The largest absolute Gasteiger partial charge is 0.479 e. The summed E-state index contributed by atoms with van der Waals surface area (Å²) in [6.45, 7) is 0. The Bertz CT molecular complexity index is 667. The van der Waals surface area contributed by atoms with Crippen molar-refractivity contribution in [2.45, 2.75) is 24.9 Å². The molecule has 1 saturated carbocycles. The SMILES string of the molecule is O=CN(C1CC1)C(C(=O)O)c1ccc2ncccc2c1. The van der Waals surface area contributed by atoms with E-state index in [1.165, 1.54) is 4.90 Å². The fourth-order valence-electron chi connectivity index (χ4n) is 2.44. The summed E-state index contributed by atoms with van der Waals surface area (Å²) in [5, 5.41) is 10.3. The monoisotopic (exact) mass is 270 g/mol. The molecule has 0 aliphatic heterocycles. The van der Waals surface area contributed by atoms with E-state index in [-0.39, 0.29) is 6.04 Å². The number of carboxylic acid groups (broad SMARTS) is 1. The van der Waals surface area contributed by atoms with Gasteiger partial charge in [-0.1, -0.05) is 12.1 Å². The minimum Gasteiger partial charge on any atom is -0.479 e. The van der Waals surface area contributed by atoms with Gasteiger partial charge < -0.3 is 10.0 Å². The van der Waals surface area contributed by atoms with Gasteiger partial charge in [-0.25, -0.2) is 4.79 Å². The Morgan fingerprint density at radius 1 is 1.40 bits per heavy atom. The topological polar surface area (TPSA) is 70.5 Å². The van der Waals surface area contributed by atoms with Crippen molar-refractivity contribution in [2.24, 2.45) is 0 Å². The fraction of sp³-hybridized carbons (Fsp3) is 0.267. The van der Waals surface area contributed by atoms with Crippen LogP contribution in [0.2, 0.25) is 0 Å². The summed E-state index contributed by atoms with van der Waals surface area (Å²) in [6.07, 6.45) is 4.08. The van der Waals surface area contributed by atoms with Crippen molar-refractivity contribution in [3.8, 4) is 0 Å². The lowest BCUT2D eigenvalue weighted by atomic mass is 10.0. The Morgan fingerprint density at radius 2 is 2.20 bits per heavy atom. The lowest BCUT2D eigenvalue weighted by Gasteiger charge is -2.25. The molecule has 20 heavy (non-hydrogen) atoms. The first-order valence-corrected chi connectivity index (χ1v) is 6.51. The van der Waals surface area contributed by atoms with Gasteiger partial charge in [0.25, 0.3) is 0 Å². The van der Waals surface area contributed by atoms with Gasteiger partial charge in [0, 0.05) is 17.6 Å². The molecule has 1 atom stereocenters. The van der Waals surface area contributed by atoms with Crippen molar-refractivity contribution in [1.29, 1.82) is 0 Å². The van der Waals surface area contributed by atoms with Crippen molar-refractivity contribution >= 4 is 23.3 Å². The smallest absolute Gasteiger partial charge is 0.331 e. The molecule has 0 radical (unpaired) electrons. The number of amides is 1.